The molecular weight excluding hydrogens is 223 g/mol. The van der Waals surface area contributed by atoms with Crippen LogP contribution < -0.4 is 16.8 Å². The van der Waals surface area contributed by atoms with Gasteiger partial charge in [-0.3, -0.25) is 10.2 Å². The SMILES string of the molecule is CC1(NC(=N)/C(=C\N)C(N)=O)C=CC(F)=CC1. The zero-order valence-electron chi connectivity index (χ0n) is 9.46. The van der Waals surface area contributed by atoms with Crippen LogP contribution in [0.2, 0.25) is 0 Å². The summed E-state index contributed by atoms with van der Waals surface area (Å²) in [5.74, 6) is -1.28. The van der Waals surface area contributed by atoms with Crippen molar-refractivity contribution in [3.8, 4) is 0 Å². The third-order valence-corrected chi connectivity index (χ3v) is 2.44. The van der Waals surface area contributed by atoms with Crippen LogP contribution in [-0.2, 0) is 4.79 Å². The number of nitrogens with two attached hydrogens (primary N) is 2. The van der Waals surface area contributed by atoms with Crippen LogP contribution in [0.15, 0.2) is 35.8 Å². The van der Waals surface area contributed by atoms with E-state index in [4.69, 9.17) is 16.9 Å². The molecule has 0 fully saturated rings. The number of amides is 1. The number of hydrogen-bond acceptors (Lipinski definition) is 3. The van der Waals surface area contributed by atoms with Crippen molar-refractivity contribution in [1.29, 1.82) is 5.41 Å². The highest BCUT2D eigenvalue weighted by molar-refractivity contribution is 6.19. The Hall–Kier alpha value is -2.11. The Morgan fingerprint density at radius 1 is 1.71 bits per heavy atom. The van der Waals surface area contributed by atoms with Crippen molar-refractivity contribution in [3.63, 3.8) is 0 Å². The highest BCUT2D eigenvalue weighted by Gasteiger charge is 2.25. The second-order valence-electron chi connectivity index (χ2n) is 3.99. The maximum atomic E-state index is 12.8. The number of carbonyl (C=O) groups excluding carboxylic acids is 1. The van der Waals surface area contributed by atoms with E-state index >= 15 is 0 Å². The van der Waals surface area contributed by atoms with Gasteiger partial charge in [0.15, 0.2) is 0 Å². The minimum absolute atomic E-state index is 0.102. The largest absolute Gasteiger partial charge is 0.404 e. The van der Waals surface area contributed by atoms with Gasteiger partial charge < -0.3 is 16.8 Å². The van der Waals surface area contributed by atoms with Crippen molar-refractivity contribution >= 4 is 11.7 Å². The quantitative estimate of drug-likeness (QED) is 0.326. The van der Waals surface area contributed by atoms with E-state index in [9.17, 15) is 9.18 Å². The molecule has 1 aliphatic carbocycles. The van der Waals surface area contributed by atoms with Gasteiger partial charge in [0.2, 0.25) is 0 Å². The fraction of sp³-hybridized carbons (Fsp3) is 0.273. The molecule has 1 rings (SSSR count). The normalized spacial score (nSPS) is 24.1. The first-order valence-electron chi connectivity index (χ1n) is 5.01. The fourth-order valence-corrected chi connectivity index (χ4v) is 1.44. The van der Waals surface area contributed by atoms with E-state index in [-0.39, 0.29) is 17.2 Å². The van der Waals surface area contributed by atoms with Crippen molar-refractivity contribution in [3.05, 3.63) is 35.8 Å². The summed E-state index contributed by atoms with van der Waals surface area (Å²) in [4.78, 5) is 11.0. The molecule has 0 aliphatic heterocycles. The lowest BCUT2D eigenvalue weighted by molar-refractivity contribution is -0.114. The molecule has 0 spiro atoms. The number of nitrogens with one attached hydrogen (secondary N) is 2. The van der Waals surface area contributed by atoms with E-state index in [2.05, 4.69) is 5.32 Å². The molecule has 0 aromatic heterocycles. The van der Waals surface area contributed by atoms with Crippen LogP contribution in [-0.4, -0.2) is 17.3 Å². The van der Waals surface area contributed by atoms with E-state index in [0.29, 0.717) is 6.42 Å². The number of rotatable bonds is 3. The second-order valence-corrected chi connectivity index (χ2v) is 3.99. The Bertz CT molecular complexity index is 439. The molecule has 1 amide bonds. The van der Waals surface area contributed by atoms with Crippen LogP contribution in [0.1, 0.15) is 13.3 Å². The molecule has 1 atom stereocenters. The maximum Gasteiger partial charge on any atom is 0.253 e. The number of hydrogen-bond donors (Lipinski definition) is 4. The van der Waals surface area contributed by atoms with Crippen molar-refractivity contribution in [2.45, 2.75) is 18.9 Å². The van der Waals surface area contributed by atoms with E-state index in [1.807, 2.05) is 0 Å². The van der Waals surface area contributed by atoms with Crippen molar-refractivity contribution in [1.82, 2.24) is 5.32 Å². The Morgan fingerprint density at radius 3 is 2.76 bits per heavy atom. The van der Waals surface area contributed by atoms with Crippen LogP contribution in [0.5, 0.6) is 0 Å². The third-order valence-electron chi connectivity index (χ3n) is 2.44. The number of halogens is 1. The summed E-state index contributed by atoms with van der Waals surface area (Å²) >= 11 is 0. The lowest BCUT2D eigenvalue weighted by atomic mass is 9.92. The zero-order chi connectivity index (χ0) is 13.1. The predicted octanol–water partition coefficient (Wildman–Crippen LogP) is 0.453. The first kappa shape index (κ1) is 13.0. The fourth-order valence-electron chi connectivity index (χ4n) is 1.44. The van der Waals surface area contributed by atoms with Crippen LogP contribution in [0.3, 0.4) is 0 Å². The summed E-state index contributed by atoms with van der Waals surface area (Å²) in [6.07, 6.45) is 5.64. The standard InChI is InChI=1S/C11H15FN4O/c1-11(4-2-7(12)3-5-11)16-9(14)8(6-13)10(15)17/h2-4,6H,5,13H2,1H3,(H2,14,16)(H2,15,17)/b8-6+. The summed E-state index contributed by atoms with van der Waals surface area (Å²) < 4.78 is 12.8. The van der Waals surface area contributed by atoms with Crippen molar-refractivity contribution < 1.29 is 9.18 Å². The van der Waals surface area contributed by atoms with Crippen LogP contribution >= 0.6 is 0 Å². The lowest BCUT2D eigenvalue weighted by Crippen LogP contribution is -2.46. The number of carbonyl (C=O) groups is 1. The molecule has 0 heterocycles. The average molecular weight is 238 g/mol. The molecule has 0 saturated heterocycles. The van der Waals surface area contributed by atoms with Gasteiger partial charge in [-0.05, 0) is 25.5 Å². The molecule has 0 aromatic carbocycles. The Kier molecular flexibility index (Phi) is 3.67. The summed E-state index contributed by atoms with van der Waals surface area (Å²) in [6.45, 7) is 1.77. The summed E-state index contributed by atoms with van der Waals surface area (Å²) in [6, 6.07) is 0. The highest BCUT2D eigenvalue weighted by Crippen LogP contribution is 2.21. The van der Waals surface area contributed by atoms with E-state index in [1.165, 1.54) is 12.2 Å². The van der Waals surface area contributed by atoms with Gasteiger partial charge in [0.05, 0.1) is 11.1 Å². The van der Waals surface area contributed by atoms with Gasteiger partial charge in [0.1, 0.15) is 11.7 Å². The molecule has 0 saturated carbocycles. The molecular formula is C11H15FN4O. The Balaban J connectivity index is 2.77. The monoisotopic (exact) mass is 238 g/mol. The van der Waals surface area contributed by atoms with Gasteiger partial charge in [-0.25, -0.2) is 4.39 Å². The highest BCUT2D eigenvalue weighted by atomic mass is 19.1. The molecule has 6 N–H and O–H groups in total. The molecule has 92 valence electrons. The van der Waals surface area contributed by atoms with Crippen LogP contribution in [0, 0.1) is 5.41 Å². The van der Waals surface area contributed by atoms with Gasteiger partial charge in [-0.2, -0.15) is 0 Å². The average Bonchev–Trinajstić information content (AvgIpc) is 2.23. The first-order valence-corrected chi connectivity index (χ1v) is 5.01. The lowest BCUT2D eigenvalue weighted by Gasteiger charge is -2.29. The smallest absolute Gasteiger partial charge is 0.253 e. The van der Waals surface area contributed by atoms with Gasteiger partial charge in [0, 0.05) is 6.20 Å². The van der Waals surface area contributed by atoms with E-state index < -0.39 is 11.4 Å². The first-order chi connectivity index (χ1) is 7.88. The number of allylic oxidation sites excluding steroid dienone is 2. The summed E-state index contributed by atoms with van der Waals surface area (Å²) in [5.41, 5.74) is 9.54. The summed E-state index contributed by atoms with van der Waals surface area (Å²) in [5, 5.41) is 10.5. The molecule has 17 heavy (non-hydrogen) atoms. The van der Waals surface area contributed by atoms with Crippen LogP contribution in [0.4, 0.5) is 4.39 Å². The molecule has 1 aliphatic rings. The van der Waals surface area contributed by atoms with E-state index in [1.54, 1.807) is 13.0 Å². The van der Waals surface area contributed by atoms with E-state index in [0.717, 1.165) is 6.20 Å². The number of amidine groups is 1. The molecule has 6 heteroatoms. The van der Waals surface area contributed by atoms with Crippen LogP contribution in [0.25, 0.3) is 0 Å². The topological polar surface area (TPSA) is 105 Å². The Labute approximate surface area is 98.6 Å². The molecule has 0 bridgehead atoms. The number of primary amides is 1. The maximum absolute atomic E-state index is 12.8. The summed E-state index contributed by atoms with van der Waals surface area (Å²) in [7, 11) is 0. The predicted molar refractivity (Wildman–Crippen MR) is 63.7 cm³/mol. The molecule has 5 nitrogen and oxygen atoms in total. The Morgan fingerprint density at radius 2 is 2.35 bits per heavy atom. The van der Waals surface area contributed by atoms with Crippen molar-refractivity contribution in [2.75, 3.05) is 0 Å². The van der Waals surface area contributed by atoms with Gasteiger partial charge in [0.25, 0.3) is 5.91 Å². The minimum atomic E-state index is -0.782. The van der Waals surface area contributed by atoms with Crippen molar-refractivity contribution in [2.24, 2.45) is 11.5 Å². The van der Waals surface area contributed by atoms with Gasteiger partial charge in [-0.1, -0.05) is 6.08 Å². The zero-order valence-corrected chi connectivity index (χ0v) is 9.46. The molecule has 0 radical (unpaired) electrons. The van der Waals surface area contributed by atoms with Gasteiger partial charge >= 0.3 is 0 Å². The molecule has 0 aromatic rings. The third kappa shape index (κ3) is 3.17. The molecule has 1 unspecified atom stereocenters. The minimum Gasteiger partial charge on any atom is -0.404 e. The van der Waals surface area contributed by atoms with Gasteiger partial charge in [-0.15, -0.1) is 0 Å². The second kappa shape index (κ2) is 4.82.